The summed E-state index contributed by atoms with van der Waals surface area (Å²) in [6.45, 7) is 0. The van der Waals surface area contributed by atoms with Crippen molar-refractivity contribution in [1.82, 2.24) is 0 Å². The van der Waals surface area contributed by atoms with Crippen LogP contribution in [0, 0.1) is 5.92 Å². The van der Waals surface area contributed by atoms with Crippen molar-refractivity contribution in [2.75, 3.05) is 0 Å². The van der Waals surface area contributed by atoms with E-state index in [0.717, 1.165) is 24.8 Å². The van der Waals surface area contributed by atoms with Gasteiger partial charge in [-0.05, 0) is 55.2 Å². The third-order valence-electron chi connectivity index (χ3n) is 3.56. The zero-order chi connectivity index (χ0) is 16.9. The molecule has 0 spiro atoms. The first kappa shape index (κ1) is 17.5. The van der Waals surface area contributed by atoms with Gasteiger partial charge in [0.15, 0.2) is 0 Å². The summed E-state index contributed by atoms with van der Waals surface area (Å²) in [6, 6.07) is 7.07. The average molecular weight is 337 g/mol. The number of rotatable bonds is 6. The number of allylic oxidation sites excluding steroid dienone is 3. The number of hydrogen-bond donors (Lipinski definition) is 4. The van der Waals surface area contributed by atoms with Crippen molar-refractivity contribution in [2.45, 2.75) is 25.7 Å². The largest absolute Gasteiger partial charge is 0.508 e. The molecule has 0 saturated carbocycles. The van der Waals surface area contributed by atoms with Crippen LogP contribution >= 0.6 is 7.75 Å². The fourth-order valence-electron chi connectivity index (χ4n) is 2.54. The molecule has 124 valence electrons. The molecule has 1 atom stereocenters. The van der Waals surface area contributed by atoms with E-state index in [4.69, 9.17) is 9.79 Å². The molecule has 1 aliphatic rings. The van der Waals surface area contributed by atoms with Gasteiger partial charge in [0.2, 0.25) is 0 Å². The van der Waals surface area contributed by atoms with Crippen molar-refractivity contribution in [3.8, 4) is 5.75 Å². The topological polar surface area (TPSA) is 110 Å². The molecule has 7 heteroatoms. The molecule has 0 aromatic heterocycles. The summed E-state index contributed by atoms with van der Waals surface area (Å²) in [4.78, 5) is 18.0. The number of nitrogens with zero attached hydrogens (tertiary/aromatic N) is 1. The smallest absolute Gasteiger partial charge is 0.448 e. The third kappa shape index (κ3) is 6.02. The van der Waals surface area contributed by atoms with Crippen LogP contribution in [0.4, 0.5) is 0 Å². The first-order valence-corrected chi connectivity index (χ1v) is 8.92. The molecule has 0 saturated heterocycles. The summed E-state index contributed by atoms with van der Waals surface area (Å²) in [6.07, 6.45) is 7.47. The van der Waals surface area contributed by atoms with Gasteiger partial charge in [-0.2, -0.15) is 4.76 Å². The van der Waals surface area contributed by atoms with Crippen molar-refractivity contribution in [2.24, 2.45) is 10.7 Å². The summed E-state index contributed by atoms with van der Waals surface area (Å²) in [7, 11) is -4.49. The van der Waals surface area contributed by atoms with Crippen LogP contribution in [0.25, 0.3) is 0 Å². The van der Waals surface area contributed by atoms with Crippen LogP contribution in [0.2, 0.25) is 0 Å². The van der Waals surface area contributed by atoms with Crippen LogP contribution in [0.3, 0.4) is 0 Å². The Balaban J connectivity index is 1.91. The highest BCUT2D eigenvalue weighted by Gasteiger charge is 2.20. The van der Waals surface area contributed by atoms with Crippen LogP contribution in [0.1, 0.15) is 24.8 Å². The number of phenolic OH excluding ortho intramolecular Hbond substituents is 1. The Labute approximate surface area is 134 Å². The minimum absolute atomic E-state index is 0.0765. The van der Waals surface area contributed by atoms with Crippen LogP contribution < -0.4 is 0 Å². The molecule has 0 amide bonds. The molecule has 1 unspecified atom stereocenters. The Morgan fingerprint density at radius 1 is 1.13 bits per heavy atom. The van der Waals surface area contributed by atoms with Crippen LogP contribution in [0.15, 0.2) is 53.0 Å². The summed E-state index contributed by atoms with van der Waals surface area (Å²) < 4.78 is 14.5. The Hall–Kier alpha value is -1.88. The summed E-state index contributed by atoms with van der Waals surface area (Å²) >= 11 is 0. The summed E-state index contributed by atoms with van der Waals surface area (Å²) in [5.74, 6) is 0.00767. The van der Waals surface area contributed by atoms with E-state index < -0.39 is 7.75 Å². The van der Waals surface area contributed by atoms with E-state index >= 15 is 0 Å². The molecule has 0 radical (unpaired) electrons. The standard InChI is InChI=1S/C16H20NO5P/c18-14-7-3-5-12(10-14)4-1-2-6-13-11-15(19)8-9-16(13)17-23(20,21)22/h3,5,7-11,13,18-19H,1-2,4,6H2,(H2,20,21,22). The maximum atomic E-state index is 11.0. The van der Waals surface area contributed by atoms with E-state index in [2.05, 4.69) is 4.76 Å². The van der Waals surface area contributed by atoms with Gasteiger partial charge in [-0.15, -0.1) is 0 Å². The summed E-state index contributed by atoms with van der Waals surface area (Å²) in [5, 5.41) is 19.0. The molecular formula is C16H20NO5P. The van der Waals surface area contributed by atoms with Crippen LogP contribution in [-0.4, -0.2) is 25.7 Å². The van der Waals surface area contributed by atoms with Gasteiger partial charge in [0, 0.05) is 5.92 Å². The first-order chi connectivity index (χ1) is 10.8. The van der Waals surface area contributed by atoms with Gasteiger partial charge in [0.05, 0.1) is 5.71 Å². The van der Waals surface area contributed by atoms with E-state index in [1.54, 1.807) is 24.3 Å². The van der Waals surface area contributed by atoms with Gasteiger partial charge in [-0.3, -0.25) is 0 Å². The molecule has 6 nitrogen and oxygen atoms in total. The predicted molar refractivity (Wildman–Crippen MR) is 88.5 cm³/mol. The summed E-state index contributed by atoms with van der Waals surface area (Å²) in [5.41, 5.74) is 1.32. The molecule has 1 aromatic carbocycles. The van der Waals surface area contributed by atoms with Crippen molar-refractivity contribution in [3.05, 3.63) is 53.8 Å². The number of phenols is 1. The lowest BCUT2D eigenvalue weighted by molar-refractivity contribution is 0.374. The van der Waals surface area contributed by atoms with Crippen molar-refractivity contribution < 1.29 is 24.6 Å². The molecule has 0 fully saturated rings. The molecule has 0 heterocycles. The van der Waals surface area contributed by atoms with Gasteiger partial charge in [-0.1, -0.05) is 18.6 Å². The second kappa shape index (κ2) is 7.59. The van der Waals surface area contributed by atoms with Crippen LogP contribution in [-0.2, 0) is 11.0 Å². The zero-order valence-corrected chi connectivity index (χ0v) is 13.4. The highest BCUT2D eigenvalue weighted by molar-refractivity contribution is 7.50. The monoisotopic (exact) mass is 337 g/mol. The maximum Gasteiger partial charge on any atom is 0.448 e. The number of benzene rings is 1. The van der Waals surface area contributed by atoms with Gasteiger partial charge in [0.1, 0.15) is 11.5 Å². The van der Waals surface area contributed by atoms with Gasteiger partial charge >= 0.3 is 7.75 Å². The second-order valence-corrected chi connectivity index (χ2v) is 6.71. The fourth-order valence-corrected chi connectivity index (χ4v) is 3.05. The van der Waals surface area contributed by atoms with Crippen molar-refractivity contribution >= 4 is 13.5 Å². The van der Waals surface area contributed by atoms with Gasteiger partial charge in [-0.25, -0.2) is 4.57 Å². The molecular weight excluding hydrogens is 317 g/mol. The highest BCUT2D eigenvalue weighted by atomic mass is 31.2. The number of aliphatic hydroxyl groups excluding tert-OH is 1. The second-order valence-electron chi connectivity index (χ2n) is 5.49. The molecule has 1 aliphatic carbocycles. The van der Waals surface area contributed by atoms with E-state index in [1.165, 1.54) is 12.2 Å². The number of aliphatic hydroxyl groups is 1. The number of aryl methyl sites for hydroxylation is 1. The van der Waals surface area contributed by atoms with Crippen molar-refractivity contribution in [3.63, 3.8) is 0 Å². The molecule has 2 rings (SSSR count). The Morgan fingerprint density at radius 2 is 1.91 bits per heavy atom. The number of hydrogen-bond acceptors (Lipinski definition) is 3. The minimum Gasteiger partial charge on any atom is -0.508 e. The zero-order valence-electron chi connectivity index (χ0n) is 12.5. The van der Waals surface area contributed by atoms with Crippen LogP contribution in [0.5, 0.6) is 5.75 Å². The number of unbranched alkanes of at least 4 members (excludes halogenated alkanes) is 1. The predicted octanol–water partition coefficient (Wildman–Crippen LogP) is 3.27. The molecule has 0 aliphatic heterocycles. The fraction of sp³-hybridized carbons (Fsp3) is 0.312. The minimum atomic E-state index is -4.49. The van der Waals surface area contributed by atoms with E-state index in [1.807, 2.05) is 6.07 Å². The SMILES string of the molecule is O=P(O)(O)N=C1C=CC(O)=CC1CCCCc1cccc(O)c1. The number of aromatic hydroxyl groups is 1. The lowest BCUT2D eigenvalue weighted by atomic mass is 9.91. The van der Waals surface area contributed by atoms with E-state index in [0.29, 0.717) is 6.42 Å². The Morgan fingerprint density at radius 3 is 2.61 bits per heavy atom. The van der Waals surface area contributed by atoms with Gasteiger partial charge in [0.25, 0.3) is 0 Å². The maximum absolute atomic E-state index is 11.0. The third-order valence-corrected chi connectivity index (χ3v) is 4.06. The van der Waals surface area contributed by atoms with E-state index in [-0.39, 0.29) is 23.1 Å². The lowest BCUT2D eigenvalue weighted by Crippen LogP contribution is -2.14. The Bertz CT molecular complexity index is 689. The molecule has 4 N–H and O–H groups in total. The quantitative estimate of drug-likeness (QED) is 0.470. The molecule has 1 aromatic rings. The molecule has 23 heavy (non-hydrogen) atoms. The Kier molecular flexibility index (Phi) is 5.77. The van der Waals surface area contributed by atoms with Crippen molar-refractivity contribution in [1.29, 1.82) is 0 Å². The normalized spacial score (nSPS) is 19.8. The van der Waals surface area contributed by atoms with Gasteiger partial charge < -0.3 is 20.0 Å². The molecule has 0 bridgehead atoms. The lowest BCUT2D eigenvalue weighted by Gasteiger charge is -2.17. The first-order valence-electron chi connectivity index (χ1n) is 7.36. The average Bonchev–Trinajstić information content (AvgIpc) is 2.45. The van der Waals surface area contributed by atoms with E-state index in [9.17, 15) is 14.8 Å². The highest BCUT2D eigenvalue weighted by Crippen LogP contribution is 2.38.